The van der Waals surface area contributed by atoms with E-state index in [1.54, 1.807) is 0 Å². The summed E-state index contributed by atoms with van der Waals surface area (Å²) in [5.74, 6) is 2.33. The monoisotopic (exact) mass is 356 g/mol. The van der Waals surface area contributed by atoms with Gasteiger partial charge in [-0.2, -0.15) is 0 Å². The smallest absolute Gasteiger partial charge is 0.237 e. The molecule has 1 N–H and O–H groups in total. The predicted octanol–water partition coefficient (Wildman–Crippen LogP) is 3.61. The van der Waals surface area contributed by atoms with Gasteiger partial charge in [-0.05, 0) is 30.4 Å². The van der Waals surface area contributed by atoms with Crippen LogP contribution >= 0.6 is 11.8 Å². The van der Waals surface area contributed by atoms with Crippen molar-refractivity contribution in [2.75, 3.05) is 17.2 Å². The number of H-pyrrole nitrogens is 1. The Kier molecular flexibility index (Phi) is 5.06. The zero-order valence-corrected chi connectivity index (χ0v) is 15.2. The Morgan fingerprint density at radius 2 is 2.12 bits per heavy atom. The lowest BCUT2D eigenvalue weighted by Crippen LogP contribution is -2.30. The number of aromatic nitrogens is 3. The van der Waals surface area contributed by atoms with Gasteiger partial charge in [0.2, 0.25) is 11.1 Å². The van der Waals surface area contributed by atoms with Crippen LogP contribution in [-0.2, 0) is 17.6 Å². The van der Waals surface area contributed by atoms with Gasteiger partial charge in [-0.25, -0.2) is 4.98 Å². The first-order valence-corrected chi connectivity index (χ1v) is 10.2. The summed E-state index contributed by atoms with van der Waals surface area (Å²) in [6.07, 6.45) is 8.59. The molecule has 1 saturated carbocycles. The molecule has 0 unspecified atom stereocenters. The number of nitrogens with zero attached hydrogens (tertiary/aromatic N) is 3. The van der Waals surface area contributed by atoms with Crippen LogP contribution in [0, 0.1) is 5.92 Å². The molecule has 0 bridgehead atoms. The second-order valence-electron chi connectivity index (χ2n) is 6.97. The molecule has 0 atom stereocenters. The summed E-state index contributed by atoms with van der Waals surface area (Å²) in [6, 6.07) is 8.15. The molecule has 0 spiro atoms. The summed E-state index contributed by atoms with van der Waals surface area (Å²) in [5.41, 5.74) is 2.31. The van der Waals surface area contributed by atoms with Crippen molar-refractivity contribution in [3.63, 3.8) is 0 Å². The molecular formula is C19H24N4OS. The van der Waals surface area contributed by atoms with Crippen LogP contribution in [0.3, 0.4) is 0 Å². The first-order chi connectivity index (χ1) is 12.3. The van der Waals surface area contributed by atoms with E-state index in [1.807, 2.05) is 23.1 Å². The third kappa shape index (κ3) is 3.89. The molecule has 1 aromatic carbocycles. The van der Waals surface area contributed by atoms with Crippen molar-refractivity contribution in [1.29, 1.82) is 0 Å². The van der Waals surface area contributed by atoms with Gasteiger partial charge in [0.25, 0.3) is 0 Å². The minimum Gasteiger partial charge on any atom is -0.311 e. The highest BCUT2D eigenvalue weighted by Gasteiger charge is 2.24. The Balaban J connectivity index is 1.28. The van der Waals surface area contributed by atoms with Crippen LogP contribution in [0.2, 0.25) is 0 Å². The largest absolute Gasteiger partial charge is 0.311 e. The van der Waals surface area contributed by atoms with Crippen LogP contribution in [-0.4, -0.2) is 33.4 Å². The van der Waals surface area contributed by atoms with Gasteiger partial charge >= 0.3 is 0 Å². The van der Waals surface area contributed by atoms with Crippen LogP contribution < -0.4 is 4.90 Å². The summed E-state index contributed by atoms with van der Waals surface area (Å²) < 4.78 is 0. The third-order valence-corrected chi connectivity index (χ3v) is 6.12. The number of rotatable bonds is 6. The molecular weight excluding hydrogens is 332 g/mol. The number of hydrogen-bond donors (Lipinski definition) is 1. The molecule has 1 fully saturated rings. The number of fused-ring (bicyclic) bond motifs is 1. The molecule has 132 valence electrons. The summed E-state index contributed by atoms with van der Waals surface area (Å²) in [6.45, 7) is 0.777. The minimum atomic E-state index is 0.132. The van der Waals surface area contributed by atoms with Crippen molar-refractivity contribution in [2.24, 2.45) is 5.92 Å². The molecule has 1 aliphatic heterocycles. The Bertz CT molecular complexity index is 739. The van der Waals surface area contributed by atoms with Gasteiger partial charge in [0, 0.05) is 18.7 Å². The number of carbonyl (C=O) groups is 1. The maximum Gasteiger partial charge on any atom is 0.237 e. The molecule has 2 aliphatic rings. The normalized spacial score (nSPS) is 17.2. The van der Waals surface area contributed by atoms with E-state index in [4.69, 9.17) is 0 Å². The van der Waals surface area contributed by atoms with Gasteiger partial charge < -0.3 is 4.90 Å². The van der Waals surface area contributed by atoms with Crippen molar-refractivity contribution < 1.29 is 4.79 Å². The minimum absolute atomic E-state index is 0.132. The fraction of sp³-hybridized carbons (Fsp3) is 0.526. The Labute approximate surface area is 152 Å². The molecule has 4 rings (SSSR count). The number of aryl methyl sites for hydroxylation is 1. The van der Waals surface area contributed by atoms with E-state index in [0.717, 1.165) is 36.8 Å². The molecule has 0 saturated heterocycles. The van der Waals surface area contributed by atoms with Crippen molar-refractivity contribution in [2.45, 2.75) is 50.1 Å². The van der Waals surface area contributed by atoms with Gasteiger partial charge in [0.05, 0.1) is 5.75 Å². The van der Waals surface area contributed by atoms with E-state index in [2.05, 4.69) is 21.2 Å². The highest BCUT2D eigenvalue weighted by atomic mass is 32.2. The van der Waals surface area contributed by atoms with Crippen molar-refractivity contribution in [3.8, 4) is 0 Å². The fourth-order valence-electron chi connectivity index (χ4n) is 3.90. The summed E-state index contributed by atoms with van der Waals surface area (Å²) in [7, 11) is 0. The first kappa shape index (κ1) is 16.6. The second kappa shape index (κ2) is 7.60. The Morgan fingerprint density at radius 1 is 1.28 bits per heavy atom. The Hall–Kier alpha value is -1.82. The quantitative estimate of drug-likeness (QED) is 0.803. The van der Waals surface area contributed by atoms with E-state index in [0.29, 0.717) is 10.9 Å². The van der Waals surface area contributed by atoms with E-state index in [1.165, 1.54) is 49.4 Å². The van der Waals surface area contributed by atoms with Crippen molar-refractivity contribution in [3.05, 3.63) is 35.7 Å². The molecule has 6 heteroatoms. The fourth-order valence-corrected chi connectivity index (χ4v) is 4.59. The number of amides is 1. The SMILES string of the molecule is O=C(CSc1n[nH]c(CCC2CCCC2)n1)N1CCc2ccccc21. The average molecular weight is 356 g/mol. The van der Waals surface area contributed by atoms with Gasteiger partial charge in [0.1, 0.15) is 5.82 Å². The predicted molar refractivity (Wildman–Crippen MR) is 99.9 cm³/mol. The molecule has 5 nitrogen and oxygen atoms in total. The third-order valence-electron chi connectivity index (χ3n) is 5.29. The number of para-hydroxylation sites is 1. The summed E-state index contributed by atoms with van der Waals surface area (Å²) in [5, 5.41) is 7.97. The average Bonchev–Trinajstić information content (AvgIpc) is 3.38. The first-order valence-electron chi connectivity index (χ1n) is 9.22. The molecule has 1 aliphatic carbocycles. The number of carbonyl (C=O) groups excluding carboxylic acids is 1. The lowest BCUT2D eigenvalue weighted by atomic mass is 10.0. The number of hydrogen-bond acceptors (Lipinski definition) is 4. The van der Waals surface area contributed by atoms with Crippen LogP contribution in [0.15, 0.2) is 29.4 Å². The van der Waals surface area contributed by atoms with Crippen LogP contribution in [0.4, 0.5) is 5.69 Å². The van der Waals surface area contributed by atoms with E-state index in [9.17, 15) is 4.79 Å². The molecule has 2 aromatic rings. The number of thioether (sulfide) groups is 1. The van der Waals surface area contributed by atoms with E-state index in [-0.39, 0.29) is 5.91 Å². The highest BCUT2D eigenvalue weighted by molar-refractivity contribution is 7.99. The number of anilines is 1. The van der Waals surface area contributed by atoms with Crippen LogP contribution in [0.5, 0.6) is 0 Å². The highest BCUT2D eigenvalue weighted by Crippen LogP contribution is 2.29. The molecule has 1 aromatic heterocycles. The molecule has 25 heavy (non-hydrogen) atoms. The number of benzene rings is 1. The van der Waals surface area contributed by atoms with Crippen LogP contribution in [0.1, 0.15) is 43.5 Å². The zero-order chi connectivity index (χ0) is 17.1. The lowest BCUT2D eigenvalue weighted by molar-refractivity contribution is -0.116. The number of nitrogens with one attached hydrogen (secondary N) is 1. The summed E-state index contributed by atoms with van der Waals surface area (Å²) >= 11 is 1.42. The van der Waals surface area contributed by atoms with Crippen molar-refractivity contribution >= 4 is 23.4 Å². The van der Waals surface area contributed by atoms with Gasteiger partial charge in [0.15, 0.2) is 0 Å². The van der Waals surface area contributed by atoms with Crippen LogP contribution in [0.25, 0.3) is 0 Å². The lowest BCUT2D eigenvalue weighted by Gasteiger charge is -2.16. The maximum absolute atomic E-state index is 12.5. The van der Waals surface area contributed by atoms with E-state index >= 15 is 0 Å². The topological polar surface area (TPSA) is 61.9 Å². The molecule has 2 heterocycles. The molecule has 1 amide bonds. The standard InChI is InChI=1S/C19H24N4OS/c24-18(23-12-11-15-7-3-4-8-16(15)23)13-25-19-20-17(21-22-19)10-9-14-5-1-2-6-14/h3-4,7-8,14H,1-2,5-6,9-13H2,(H,20,21,22). The second-order valence-corrected chi connectivity index (χ2v) is 7.91. The van der Waals surface area contributed by atoms with E-state index < -0.39 is 0 Å². The van der Waals surface area contributed by atoms with Crippen molar-refractivity contribution in [1.82, 2.24) is 15.2 Å². The van der Waals surface area contributed by atoms with Gasteiger partial charge in [-0.15, -0.1) is 5.10 Å². The van der Waals surface area contributed by atoms with Gasteiger partial charge in [-0.3, -0.25) is 9.89 Å². The zero-order valence-electron chi connectivity index (χ0n) is 14.4. The summed E-state index contributed by atoms with van der Waals surface area (Å²) in [4.78, 5) is 19.0. The Morgan fingerprint density at radius 3 is 3.00 bits per heavy atom. The maximum atomic E-state index is 12.5. The van der Waals surface area contributed by atoms with Gasteiger partial charge in [-0.1, -0.05) is 55.6 Å². The number of aromatic amines is 1. The molecule has 0 radical (unpaired) electrons.